The summed E-state index contributed by atoms with van der Waals surface area (Å²) in [6.45, 7) is 3.54. The molecule has 0 aromatic heterocycles. The molecule has 1 unspecified atom stereocenters. The molecule has 10 heteroatoms. The molecule has 0 spiro atoms. The first-order valence-corrected chi connectivity index (χ1v) is 10.3. The molecule has 0 saturated heterocycles. The standard InChI is InChI=1S/C22H19Cl2FN2O5/c1-12(27-21(29)11-31-14-3-4-16(24)17(25)9-14)6-7-26-22(30)20-10-18(28)15-8-13(23)2-5-19(15)32-20/h2-5,8-9,20H,1,6-7,10-11H2,(H,26,30)(H,27,29). The smallest absolute Gasteiger partial charge is 0.262 e. The first-order valence-electron chi connectivity index (χ1n) is 9.55. The molecule has 1 aliphatic heterocycles. The van der Waals surface area contributed by atoms with Crippen molar-refractivity contribution < 1.29 is 28.2 Å². The number of carbonyl (C=O) groups excluding carboxylic acids is 3. The molecule has 32 heavy (non-hydrogen) atoms. The number of ether oxygens (including phenoxy) is 2. The van der Waals surface area contributed by atoms with Gasteiger partial charge in [0.1, 0.15) is 17.3 Å². The second kappa shape index (κ2) is 10.5. The fraction of sp³-hybridized carbons (Fsp3) is 0.227. The summed E-state index contributed by atoms with van der Waals surface area (Å²) in [6, 6.07) is 8.47. The molecule has 0 aliphatic carbocycles. The lowest BCUT2D eigenvalue weighted by Gasteiger charge is -2.24. The Labute approximate surface area is 193 Å². The molecule has 0 fully saturated rings. The van der Waals surface area contributed by atoms with Crippen LogP contribution in [0.1, 0.15) is 23.2 Å². The predicted octanol–water partition coefficient (Wildman–Crippen LogP) is 3.68. The van der Waals surface area contributed by atoms with Crippen LogP contribution in [0.4, 0.5) is 4.39 Å². The fourth-order valence-corrected chi connectivity index (χ4v) is 3.19. The number of amides is 2. The highest BCUT2D eigenvalue weighted by Gasteiger charge is 2.31. The molecule has 2 aromatic carbocycles. The Bertz CT molecular complexity index is 1080. The number of nitrogens with one attached hydrogen (secondary N) is 2. The van der Waals surface area contributed by atoms with E-state index < -0.39 is 23.7 Å². The molecule has 168 valence electrons. The summed E-state index contributed by atoms with van der Waals surface area (Å²) in [7, 11) is 0. The zero-order valence-corrected chi connectivity index (χ0v) is 18.3. The Kier molecular flexibility index (Phi) is 7.71. The molecule has 1 atom stereocenters. The van der Waals surface area contributed by atoms with Crippen LogP contribution in [0.5, 0.6) is 11.5 Å². The van der Waals surface area contributed by atoms with Crippen molar-refractivity contribution in [3.8, 4) is 11.5 Å². The van der Waals surface area contributed by atoms with Gasteiger partial charge in [-0.25, -0.2) is 4.39 Å². The summed E-state index contributed by atoms with van der Waals surface area (Å²) in [6.07, 6.45) is -0.799. The van der Waals surface area contributed by atoms with Gasteiger partial charge < -0.3 is 20.1 Å². The summed E-state index contributed by atoms with van der Waals surface area (Å²) in [5, 5.41) is 5.54. The molecular formula is C22H19Cl2FN2O5. The maximum absolute atomic E-state index is 13.4. The largest absolute Gasteiger partial charge is 0.484 e. The summed E-state index contributed by atoms with van der Waals surface area (Å²) < 4.78 is 24.2. The van der Waals surface area contributed by atoms with Crippen LogP contribution in [0.25, 0.3) is 0 Å². The van der Waals surface area contributed by atoms with Gasteiger partial charge in [-0.1, -0.05) is 29.8 Å². The summed E-state index contributed by atoms with van der Waals surface area (Å²) >= 11 is 11.5. The van der Waals surface area contributed by atoms with Crippen LogP contribution in [-0.2, 0) is 9.59 Å². The highest BCUT2D eigenvalue weighted by Crippen LogP contribution is 2.30. The normalized spacial score (nSPS) is 14.7. The fourth-order valence-electron chi connectivity index (χ4n) is 2.90. The first-order chi connectivity index (χ1) is 15.2. The van der Waals surface area contributed by atoms with Crippen molar-refractivity contribution in [2.45, 2.75) is 18.9 Å². The van der Waals surface area contributed by atoms with E-state index in [1.807, 2.05) is 0 Å². The van der Waals surface area contributed by atoms with E-state index in [2.05, 4.69) is 17.2 Å². The third-order valence-electron chi connectivity index (χ3n) is 4.48. The van der Waals surface area contributed by atoms with E-state index in [0.29, 0.717) is 22.0 Å². The van der Waals surface area contributed by atoms with Crippen LogP contribution in [-0.4, -0.2) is 36.9 Å². The van der Waals surface area contributed by atoms with Gasteiger partial charge in [-0.05, 0) is 30.3 Å². The quantitative estimate of drug-likeness (QED) is 0.600. The van der Waals surface area contributed by atoms with Crippen molar-refractivity contribution in [3.63, 3.8) is 0 Å². The van der Waals surface area contributed by atoms with Gasteiger partial charge in [0.25, 0.3) is 11.8 Å². The molecule has 3 rings (SSSR count). The maximum Gasteiger partial charge on any atom is 0.262 e. The van der Waals surface area contributed by atoms with Gasteiger partial charge in [0, 0.05) is 29.8 Å². The SMILES string of the molecule is C=C(CCNC(=O)C1CC(=O)c2cc(Cl)ccc2O1)NC(=O)COc1ccc(Cl)c(F)c1. The highest BCUT2D eigenvalue weighted by atomic mass is 35.5. The number of ketones is 1. The van der Waals surface area contributed by atoms with Crippen LogP contribution in [0.15, 0.2) is 48.7 Å². The molecule has 0 radical (unpaired) electrons. The Morgan fingerprint density at radius 3 is 2.75 bits per heavy atom. The molecule has 0 bridgehead atoms. The molecule has 2 amide bonds. The zero-order chi connectivity index (χ0) is 23.3. The van der Waals surface area contributed by atoms with Gasteiger partial charge in [-0.2, -0.15) is 0 Å². The van der Waals surface area contributed by atoms with Gasteiger partial charge in [0.2, 0.25) is 0 Å². The van der Waals surface area contributed by atoms with E-state index in [1.54, 1.807) is 12.1 Å². The van der Waals surface area contributed by atoms with Crippen LogP contribution in [0, 0.1) is 5.82 Å². The Hall–Kier alpha value is -3.10. The second-order valence-corrected chi connectivity index (χ2v) is 7.78. The van der Waals surface area contributed by atoms with Crippen molar-refractivity contribution in [2.24, 2.45) is 0 Å². The average molecular weight is 481 g/mol. The molecule has 2 N–H and O–H groups in total. The van der Waals surface area contributed by atoms with E-state index in [4.69, 9.17) is 32.7 Å². The molecule has 7 nitrogen and oxygen atoms in total. The van der Waals surface area contributed by atoms with Crippen molar-refractivity contribution in [2.75, 3.05) is 13.2 Å². The minimum atomic E-state index is -0.952. The Balaban J connectivity index is 1.39. The van der Waals surface area contributed by atoms with Gasteiger partial charge in [-0.3, -0.25) is 14.4 Å². The topological polar surface area (TPSA) is 93.7 Å². The maximum atomic E-state index is 13.4. The molecule has 0 saturated carbocycles. The Morgan fingerprint density at radius 1 is 1.22 bits per heavy atom. The minimum absolute atomic E-state index is 0.0474. The van der Waals surface area contributed by atoms with Crippen LogP contribution in [0.3, 0.4) is 0 Å². The van der Waals surface area contributed by atoms with E-state index in [1.165, 1.54) is 18.2 Å². The number of Topliss-reactive ketones (excluding diaryl/α,β-unsaturated/α-hetero) is 1. The molecule has 1 heterocycles. The molecular weight excluding hydrogens is 462 g/mol. The van der Waals surface area contributed by atoms with Crippen molar-refractivity contribution in [1.82, 2.24) is 10.6 Å². The van der Waals surface area contributed by atoms with Gasteiger partial charge in [0.05, 0.1) is 17.0 Å². The van der Waals surface area contributed by atoms with Crippen molar-refractivity contribution in [1.29, 1.82) is 0 Å². The van der Waals surface area contributed by atoms with Gasteiger partial charge in [0.15, 0.2) is 18.5 Å². The van der Waals surface area contributed by atoms with E-state index >= 15 is 0 Å². The van der Waals surface area contributed by atoms with Gasteiger partial charge in [-0.15, -0.1) is 0 Å². The summed E-state index contributed by atoms with van der Waals surface area (Å²) in [5.74, 6) is -1.36. The number of hydrogen-bond donors (Lipinski definition) is 2. The third-order valence-corrected chi connectivity index (χ3v) is 5.02. The minimum Gasteiger partial charge on any atom is -0.484 e. The molecule has 1 aliphatic rings. The van der Waals surface area contributed by atoms with Crippen LogP contribution in [0.2, 0.25) is 10.0 Å². The lowest BCUT2D eigenvalue weighted by Crippen LogP contribution is -2.42. The average Bonchev–Trinajstić information content (AvgIpc) is 2.74. The van der Waals surface area contributed by atoms with Crippen LogP contribution < -0.4 is 20.1 Å². The van der Waals surface area contributed by atoms with E-state index in [9.17, 15) is 18.8 Å². The Morgan fingerprint density at radius 2 is 2.00 bits per heavy atom. The third kappa shape index (κ3) is 6.21. The van der Waals surface area contributed by atoms with E-state index in [-0.39, 0.29) is 42.5 Å². The number of rotatable bonds is 8. The van der Waals surface area contributed by atoms with Crippen LogP contribution >= 0.6 is 23.2 Å². The number of hydrogen-bond acceptors (Lipinski definition) is 5. The first kappa shape index (κ1) is 23.6. The number of fused-ring (bicyclic) bond motifs is 1. The lowest BCUT2D eigenvalue weighted by molar-refractivity contribution is -0.128. The lowest BCUT2D eigenvalue weighted by atomic mass is 10.0. The predicted molar refractivity (Wildman–Crippen MR) is 117 cm³/mol. The van der Waals surface area contributed by atoms with Crippen molar-refractivity contribution in [3.05, 3.63) is 70.1 Å². The number of halogens is 3. The summed E-state index contributed by atoms with van der Waals surface area (Å²) in [5.41, 5.74) is 0.697. The number of benzene rings is 2. The monoisotopic (exact) mass is 480 g/mol. The highest BCUT2D eigenvalue weighted by molar-refractivity contribution is 6.31. The van der Waals surface area contributed by atoms with E-state index in [0.717, 1.165) is 6.07 Å². The summed E-state index contributed by atoms with van der Waals surface area (Å²) in [4.78, 5) is 36.5. The number of carbonyl (C=O) groups is 3. The van der Waals surface area contributed by atoms with Crippen molar-refractivity contribution >= 4 is 40.8 Å². The second-order valence-electron chi connectivity index (χ2n) is 6.93. The molecule has 2 aromatic rings. The van der Waals surface area contributed by atoms with Gasteiger partial charge >= 0.3 is 0 Å². The zero-order valence-electron chi connectivity index (χ0n) is 16.8.